The molecule has 0 amide bonds. The van der Waals surface area contributed by atoms with Crippen LogP contribution >= 0.6 is 0 Å². The maximum atomic E-state index is 13.0. The summed E-state index contributed by atoms with van der Waals surface area (Å²) in [5.41, 5.74) is 2.17. The van der Waals surface area contributed by atoms with Crippen LogP contribution in [0.2, 0.25) is 0 Å². The third-order valence-corrected chi connectivity index (χ3v) is 4.17. The highest BCUT2D eigenvalue weighted by molar-refractivity contribution is 5.80. The van der Waals surface area contributed by atoms with E-state index in [1.54, 1.807) is 25.4 Å². The molecule has 1 unspecified atom stereocenters. The van der Waals surface area contributed by atoms with Crippen LogP contribution in [0.25, 0.3) is 0 Å². The number of hydrogen-bond donors (Lipinski definition) is 2. The van der Waals surface area contributed by atoms with Crippen molar-refractivity contribution >= 4 is 5.96 Å². The molecular formula is C22H23FN4O. The van der Waals surface area contributed by atoms with Gasteiger partial charge in [0.2, 0.25) is 5.88 Å². The Morgan fingerprint density at radius 1 is 1.11 bits per heavy atom. The quantitative estimate of drug-likeness (QED) is 0.492. The number of guanidine groups is 1. The minimum atomic E-state index is -0.304. The summed E-state index contributed by atoms with van der Waals surface area (Å²) in [5.74, 6) is 1.38. The van der Waals surface area contributed by atoms with Crippen LogP contribution in [-0.4, -0.2) is 18.0 Å². The van der Waals surface area contributed by atoms with Gasteiger partial charge in [0, 0.05) is 25.9 Å². The second-order valence-corrected chi connectivity index (χ2v) is 6.26. The summed E-state index contributed by atoms with van der Waals surface area (Å²) >= 11 is 0. The molecule has 0 radical (unpaired) electrons. The van der Waals surface area contributed by atoms with E-state index in [1.165, 1.54) is 17.7 Å². The number of benzene rings is 2. The minimum Gasteiger partial charge on any atom is -0.439 e. The van der Waals surface area contributed by atoms with Gasteiger partial charge in [0.15, 0.2) is 5.96 Å². The van der Waals surface area contributed by atoms with Crippen molar-refractivity contribution in [2.45, 2.75) is 19.5 Å². The fourth-order valence-corrected chi connectivity index (χ4v) is 2.65. The summed E-state index contributed by atoms with van der Waals surface area (Å²) < 4.78 is 18.7. The molecule has 0 bridgehead atoms. The van der Waals surface area contributed by atoms with Gasteiger partial charge in [-0.3, -0.25) is 4.99 Å². The number of nitrogens with one attached hydrogen (secondary N) is 2. The van der Waals surface area contributed by atoms with Crippen molar-refractivity contribution in [3.8, 4) is 11.6 Å². The van der Waals surface area contributed by atoms with Crippen LogP contribution in [0, 0.1) is 5.82 Å². The second-order valence-electron chi connectivity index (χ2n) is 6.26. The van der Waals surface area contributed by atoms with Gasteiger partial charge >= 0.3 is 0 Å². The maximum Gasteiger partial charge on any atom is 0.219 e. The zero-order chi connectivity index (χ0) is 19.8. The van der Waals surface area contributed by atoms with Crippen molar-refractivity contribution in [3.05, 3.63) is 89.9 Å². The molecule has 5 nitrogen and oxygen atoms in total. The number of aliphatic imine (C=N–C) groups is 1. The van der Waals surface area contributed by atoms with Crippen molar-refractivity contribution < 1.29 is 9.13 Å². The van der Waals surface area contributed by atoms with Crippen LogP contribution in [0.4, 0.5) is 4.39 Å². The molecule has 144 valence electrons. The summed E-state index contributed by atoms with van der Waals surface area (Å²) in [6.45, 7) is 2.65. The van der Waals surface area contributed by atoms with Crippen LogP contribution < -0.4 is 15.4 Å². The maximum absolute atomic E-state index is 13.0. The fourth-order valence-electron chi connectivity index (χ4n) is 2.65. The van der Waals surface area contributed by atoms with E-state index < -0.39 is 0 Å². The Kier molecular flexibility index (Phi) is 6.57. The Labute approximate surface area is 164 Å². The van der Waals surface area contributed by atoms with Crippen LogP contribution in [0.15, 0.2) is 77.9 Å². The fraction of sp³-hybridized carbons (Fsp3) is 0.182. The van der Waals surface area contributed by atoms with Gasteiger partial charge in [0.1, 0.15) is 11.6 Å². The predicted octanol–water partition coefficient (Wildman–Crippen LogP) is 4.44. The van der Waals surface area contributed by atoms with Gasteiger partial charge in [0.25, 0.3) is 0 Å². The number of pyridine rings is 1. The van der Waals surface area contributed by atoms with E-state index in [0.29, 0.717) is 24.1 Å². The van der Waals surface area contributed by atoms with Crippen LogP contribution in [0.3, 0.4) is 0 Å². The smallest absolute Gasteiger partial charge is 0.219 e. The minimum absolute atomic E-state index is 0.127. The molecule has 1 heterocycles. The molecule has 3 rings (SSSR count). The summed E-state index contributed by atoms with van der Waals surface area (Å²) in [4.78, 5) is 8.48. The molecular weight excluding hydrogens is 355 g/mol. The number of halogens is 1. The Hall–Kier alpha value is -3.41. The SMILES string of the molecule is CN=C(NCc1ccnc(Oc2ccc(F)cc2)c1)NC(C)c1ccccc1. The number of hydrogen-bond acceptors (Lipinski definition) is 3. The normalized spacial score (nSPS) is 12.3. The summed E-state index contributed by atoms with van der Waals surface area (Å²) in [7, 11) is 1.74. The molecule has 2 N–H and O–H groups in total. The van der Waals surface area contributed by atoms with E-state index >= 15 is 0 Å². The molecule has 28 heavy (non-hydrogen) atoms. The van der Waals surface area contributed by atoms with E-state index in [0.717, 1.165) is 5.56 Å². The largest absolute Gasteiger partial charge is 0.439 e. The first-order valence-corrected chi connectivity index (χ1v) is 9.04. The van der Waals surface area contributed by atoms with Gasteiger partial charge in [-0.1, -0.05) is 30.3 Å². The Morgan fingerprint density at radius 2 is 1.86 bits per heavy atom. The van der Waals surface area contributed by atoms with Gasteiger partial charge in [-0.25, -0.2) is 9.37 Å². The number of nitrogens with zero attached hydrogens (tertiary/aromatic N) is 2. The van der Waals surface area contributed by atoms with E-state index in [4.69, 9.17) is 4.74 Å². The molecule has 0 saturated carbocycles. The molecule has 1 atom stereocenters. The van der Waals surface area contributed by atoms with Crippen LogP contribution in [-0.2, 0) is 6.54 Å². The number of rotatable bonds is 6. The molecule has 1 aromatic heterocycles. The molecule has 0 aliphatic carbocycles. The zero-order valence-corrected chi connectivity index (χ0v) is 15.9. The van der Waals surface area contributed by atoms with Crippen molar-refractivity contribution in [2.75, 3.05) is 7.05 Å². The highest BCUT2D eigenvalue weighted by Gasteiger charge is 2.08. The van der Waals surface area contributed by atoms with E-state index in [1.807, 2.05) is 30.3 Å². The third-order valence-electron chi connectivity index (χ3n) is 4.17. The number of ether oxygens (including phenoxy) is 1. The van der Waals surface area contributed by atoms with Crippen LogP contribution in [0.1, 0.15) is 24.1 Å². The lowest BCUT2D eigenvalue weighted by molar-refractivity contribution is 0.460. The van der Waals surface area contributed by atoms with Gasteiger partial charge in [0.05, 0.1) is 6.04 Å². The number of aromatic nitrogens is 1. The highest BCUT2D eigenvalue weighted by atomic mass is 19.1. The zero-order valence-electron chi connectivity index (χ0n) is 15.9. The van der Waals surface area contributed by atoms with Gasteiger partial charge < -0.3 is 15.4 Å². The monoisotopic (exact) mass is 378 g/mol. The van der Waals surface area contributed by atoms with Gasteiger partial charge in [-0.05, 0) is 48.4 Å². The lowest BCUT2D eigenvalue weighted by Crippen LogP contribution is -2.38. The molecule has 0 saturated heterocycles. The van der Waals surface area contributed by atoms with Gasteiger partial charge in [-0.15, -0.1) is 0 Å². The van der Waals surface area contributed by atoms with Crippen molar-refractivity contribution in [2.24, 2.45) is 4.99 Å². The molecule has 0 fully saturated rings. The Morgan fingerprint density at radius 3 is 2.57 bits per heavy atom. The summed E-state index contributed by atoms with van der Waals surface area (Å²) in [6, 6.07) is 19.9. The first-order chi connectivity index (χ1) is 13.6. The topological polar surface area (TPSA) is 58.5 Å². The average Bonchev–Trinajstić information content (AvgIpc) is 2.73. The van der Waals surface area contributed by atoms with Crippen molar-refractivity contribution in [1.29, 1.82) is 0 Å². The van der Waals surface area contributed by atoms with Crippen molar-refractivity contribution in [1.82, 2.24) is 15.6 Å². The molecule has 0 aliphatic heterocycles. The Balaban J connectivity index is 1.58. The molecule has 6 heteroatoms. The molecule has 0 spiro atoms. The molecule has 3 aromatic rings. The first kappa shape index (κ1) is 19.4. The van der Waals surface area contributed by atoms with E-state index in [-0.39, 0.29) is 11.9 Å². The van der Waals surface area contributed by atoms with Gasteiger partial charge in [-0.2, -0.15) is 0 Å². The van der Waals surface area contributed by atoms with Crippen LogP contribution in [0.5, 0.6) is 11.6 Å². The van der Waals surface area contributed by atoms with E-state index in [2.05, 4.69) is 39.7 Å². The Bertz CT molecular complexity index is 913. The molecule has 2 aromatic carbocycles. The lowest BCUT2D eigenvalue weighted by atomic mass is 10.1. The highest BCUT2D eigenvalue weighted by Crippen LogP contribution is 2.20. The van der Waals surface area contributed by atoms with Crippen molar-refractivity contribution in [3.63, 3.8) is 0 Å². The predicted molar refractivity (Wildman–Crippen MR) is 109 cm³/mol. The summed E-state index contributed by atoms with van der Waals surface area (Å²) in [6.07, 6.45) is 1.68. The second kappa shape index (κ2) is 9.50. The standard InChI is InChI=1S/C22H23FN4O/c1-16(18-6-4-3-5-7-18)27-22(24-2)26-15-17-12-13-25-21(14-17)28-20-10-8-19(23)9-11-20/h3-14,16H,15H2,1-2H3,(H2,24,26,27). The average molecular weight is 378 g/mol. The van der Waals surface area contributed by atoms with E-state index in [9.17, 15) is 4.39 Å². The lowest BCUT2D eigenvalue weighted by Gasteiger charge is -2.18. The first-order valence-electron chi connectivity index (χ1n) is 9.04. The third kappa shape index (κ3) is 5.54. The summed E-state index contributed by atoms with van der Waals surface area (Å²) in [5, 5.41) is 6.66. The molecule has 0 aliphatic rings.